The van der Waals surface area contributed by atoms with Crippen LogP contribution >= 0.6 is 0 Å². The molecule has 2 unspecified atom stereocenters. The van der Waals surface area contributed by atoms with E-state index in [1.165, 1.54) is 7.11 Å². The normalized spacial score (nSPS) is 15.6. The first kappa shape index (κ1) is 11.4. The average Bonchev–Trinajstić information content (AvgIpc) is 2.00. The number of ether oxygens (including phenoxy) is 2. The lowest BCUT2D eigenvalue weighted by molar-refractivity contribution is -0.154. The van der Waals surface area contributed by atoms with Crippen LogP contribution in [0.3, 0.4) is 0 Å². The molecule has 0 rings (SSSR count). The molecular formula is C7H15NO4. The minimum atomic E-state index is -1.04. The van der Waals surface area contributed by atoms with Gasteiger partial charge in [-0.25, -0.2) is 4.79 Å². The molecule has 0 heterocycles. The summed E-state index contributed by atoms with van der Waals surface area (Å²) in [4.78, 5) is 10.4. The molecule has 2 atom stereocenters. The number of hydrogen-bond donors (Lipinski definition) is 2. The molecular weight excluding hydrogens is 162 g/mol. The first-order valence-electron chi connectivity index (χ1n) is 3.69. The Labute approximate surface area is 71.5 Å². The van der Waals surface area contributed by atoms with Crippen molar-refractivity contribution in [2.45, 2.75) is 19.1 Å². The summed E-state index contributed by atoms with van der Waals surface area (Å²) in [6.45, 7) is 2.07. The lowest BCUT2D eigenvalue weighted by atomic mass is 10.3. The molecule has 0 fully saturated rings. The van der Waals surface area contributed by atoms with Crippen molar-refractivity contribution in [2.75, 3.05) is 20.3 Å². The van der Waals surface area contributed by atoms with E-state index in [4.69, 9.17) is 20.3 Å². The van der Waals surface area contributed by atoms with Crippen LogP contribution in [0, 0.1) is 0 Å². The lowest BCUT2D eigenvalue weighted by Crippen LogP contribution is -2.36. The minimum absolute atomic E-state index is 0.0244. The van der Waals surface area contributed by atoms with Crippen molar-refractivity contribution < 1.29 is 19.4 Å². The van der Waals surface area contributed by atoms with E-state index in [0.717, 1.165) is 0 Å². The number of rotatable bonds is 6. The van der Waals surface area contributed by atoms with E-state index in [9.17, 15) is 4.79 Å². The first-order valence-corrected chi connectivity index (χ1v) is 3.69. The topological polar surface area (TPSA) is 81.8 Å². The molecule has 0 amide bonds. The van der Waals surface area contributed by atoms with Crippen LogP contribution < -0.4 is 5.73 Å². The summed E-state index contributed by atoms with van der Waals surface area (Å²) in [6.07, 6.45) is -1.19. The predicted molar refractivity (Wildman–Crippen MR) is 42.9 cm³/mol. The van der Waals surface area contributed by atoms with Crippen molar-refractivity contribution in [3.8, 4) is 0 Å². The van der Waals surface area contributed by atoms with Crippen LogP contribution in [0.2, 0.25) is 0 Å². The second-order valence-corrected chi connectivity index (χ2v) is 2.46. The van der Waals surface area contributed by atoms with Crippen LogP contribution in [0.25, 0.3) is 0 Å². The molecule has 3 N–H and O–H groups in total. The number of hydrogen-bond acceptors (Lipinski definition) is 4. The monoisotopic (exact) mass is 177 g/mol. The molecule has 0 aromatic carbocycles. The predicted octanol–water partition coefficient (Wildman–Crippen LogP) is -0.550. The molecule has 5 heteroatoms. The van der Waals surface area contributed by atoms with Gasteiger partial charge in [-0.3, -0.25) is 0 Å². The molecule has 0 spiro atoms. The SMILES string of the molecule is COCC(C)OC(CN)C(=O)O. The number of carbonyl (C=O) groups is 1. The molecule has 0 aliphatic rings. The maximum absolute atomic E-state index is 10.4. The van der Waals surface area contributed by atoms with Crippen molar-refractivity contribution in [3.63, 3.8) is 0 Å². The van der Waals surface area contributed by atoms with Gasteiger partial charge in [-0.2, -0.15) is 0 Å². The summed E-state index contributed by atoms with van der Waals surface area (Å²) >= 11 is 0. The minimum Gasteiger partial charge on any atom is -0.479 e. The largest absolute Gasteiger partial charge is 0.479 e. The second-order valence-electron chi connectivity index (χ2n) is 2.46. The molecule has 0 saturated heterocycles. The number of nitrogens with two attached hydrogens (primary N) is 1. The van der Waals surface area contributed by atoms with Crippen LogP contribution in [0.4, 0.5) is 0 Å². The van der Waals surface area contributed by atoms with Gasteiger partial charge in [0.1, 0.15) is 0 Å². The van der Waals surface area contributed by atoms with Gasteiger partial charge in [-0.05, 0) is 6.92 Å². The third kappa shape index (κ3) is 4.27. The van der Waals surface area contributed by atoms with Crippen LogP contribution in [0.5, 0.6) is 0 Å². The van der Waals surface area contributed by atoms with Crippen molar-refractivity contribution in [1.29, 1.82) is 0 Å². The number of methoxy groups -OCH3 is 1. The van der Waals surface area contributed by atoms with Crippen molar-refractivity contribution in [3.05, 3.63) is 0 Å². The van der Waals surface area contributed by atoms with E-state index >= 15 is 0 Å². The summed E-state index contributed by atoms with van der Waals surface area (Å²) < 4.78 is 9.82. The smallest absolute Gasteiger partial charge is 0.334 e. The van der Waals surface area contributed by atoms with E-state index in [1.807, 2.05) is 0 Å². The number of carboxylic acids is 1. The van der Waals surface area contributed by atoms with Gasteiger partial charge < -0.3 is 20.3 Å². The summed E-state index contributed by atoms with van der Waals surface area (Å²) in [5.74, 6) is -1.04. The average molecular weight is 177 g/mol. The van der Waals surface area contributed by atoms with Gasteiger partial charge in [0.15, 0.2) is 6.10 Å². The van der Waals surface area contributed by atoms with Crippen LogP contribution in [-0.2, 0) is 14.3 Å². The van der Waals surface area contributed by atoms with Crippen LogP contribution in [0.15, 0.2) is 0 Å². The zero-order valence-corrected chi connectivity index (χ0v) is 7.32. The third-order valence-electron chi connectivity index (χ3n) is 1.29. The Balaban J connectivity index is 3.77. The van der Waals surface area contributed by atoms with Gasteiger partial charge in [0.2, 0.25) is 0 Å². The Kier molecular flexibility index (Phi) is 5.61. The van der Waals surface area contributed by atoms with Gasteiger partial charge in [0.05, 0.1) is 12.7 Å². The quantitative estimate of drug-likeness (QED) is 0.569. The summed E-state index contributed by atoms with van der Waals surface area (Å²) in [7, 11) is 1.53. The zero-order valence-electron chi connectivity index (χ0n) is 7.32. The van der Waals surface area contributed by atoms with Gasteiger partial charge in [-0.15, -0.1) is 0 Å². The molecule has 0 radical (unpaired) electrons. The fraction of sp³-hybridized carbons (Fsp3) is 0.857. The molecule has 0 aliphatic heterocycles. The Morgan fingerprint density at radius 3 is 2.58 bits per heavy atom. The summed E-state index contributed by atoms with van der Waals surface area (Å²) in [5.41, 5.74) is 5.17. The van der Waals surface area contributed by atoms with E-state index < -0.39 is 12.1 Å². The molecule has 0 aromatic heterocycles. The van der Waals surface area contributed by atoms with Crippen molar-refractivity contribution in [2.24, 2.45) is 5.73 Å². The van der Waals surface area contributed by atoms with Gasteiger partial charge in [0, 0.05) is 13.7 Å². The maximum atomic E-state index is 10.4. The van der Waals surface area contributed by atoms with Crippen molar-refractivity contribution in [1.82, 2.24) is 0 Å². The number of aliphatic carboxylic acids is 1. The highest BCUT2D eigenvalue weighted by atomic mass is 16.5. The maximum Gasteiger partial charge on any atom is 0.334 e. The molecule has 0 bridgehead atoms. The standard InChI is InChI=1S/C7H15NO4/c1-5(4-11-2)12-6(3-8)7(9)10/h5-6H,3-4,8H2,1-2H3,(H,9,10). The fourth-order valence-corrected chi connectivity index (χ4v) is 0.769. The van der Waals surface area contributed by atoms with Gasteiger partial charge in [0.25, 0.3) is 0 Å². The van der Waals surface area contributed by atoms with Gasteiger partial charge >= 0.3 is 5.97 Å². The Hall–Kier alpha value is -0.650. The van der Waals surface area contributed by atoms with E-state index in [-0.39, 0.29) is 12.6 Å². The van der Waals surface area contributed by atoms with Gasteiger partial charge in [-0.1, -0.05) is 0 Å². The molecule has 72 valence electrons. The van der Waals surface area contributed by atoms with Crippen LogP contribution in [-0.4, -0.2) is 43.5 Å². The molecule has 5 nitrogen and oxygen atoms in total. The zero-order chi connectivity index (χ0) is 9.56. The summed E-state index contributed by atoms with van der Waals surface area (Å²) in [6, 6.07) is 0. The Morgan fingerprint density at radius 2 is 2.25 bits per heavy atom. The fourth-order valence-electron chi connectivity index (χ4n) is 0.769. The Bertz CT molecular complexity index is 139. The lowest BCUT2D eigenvalue weighted by Gasteiger charge is -2.16. The van der Waals surface area contributed by atoms with E-state index in [0.29, 0.717) is 6.61 Å². The highest BCUT2D eigenvalue weighted by molar-refractivity contribution is 5.72. The highest BCUT2D eigenvalue weighted by Gasteiger charge is 2.18. The first-order chi connectivity index (χ1) is 5.61. The van der Waals surface area contributed by atoms with E-state index in [2.05, 4.69) is 0 Å². The van der Waals surface area contributed by atoms with Crippen LogP contribution in [0.1, 0.15) is 6.92 Å². The van der Waals surface area contributed by atoms with E-state index in [1.54, 1.807) is 6.92 Å². The molecule has 0 aromatic rings. The number of carboxylic acid groups (broad SMARTS) is 1. The third-order valence-corrected chi connectivity index (χ3v) is 1.29. The molecule has 0 aliphatic carbocycles. The second kappa shape index (κ2) is 5.93. The highest BCUT2D eigenvalue weighted by Crippen LogP contribution is 1.97. The summed E-state index contributed by atoms with van der Waals surface area (Å²) in [5, 5.41) is 8.54. The molecule has 12 heavy (non-hydrogen) atoms. The molecule has 0 saturated carbocycles. The van der Waals surface area contributed by atoms with Crippen molar-refractivity contribution >= 4 is 5.97 Å². The Morgan fingerprint density at radius 1 is 1.67 bits per heavy atom.